The largest absolute Gasteiger partial charge is 0.314 e. The van der Waals surface area contributed by atoms with Crippen molar-refractivity contribution in [3.05, 3.63) is 27.7 Å². The third-order valence-corrected chi connectivity index (χ3v) is 6.03. The number of hydrogen-bond donors (Lipinski definition) is 2. The van der Waals surface area contributed by atoms with Crippen LogP contribution in [0.4, 0.5) is 0 Å². The van der Waals surface area contributed by atoms with E-state index in [4.69, 9.17) is 11.6 Å². The molecule has 1 heterocycles. The van der Waals surface area contributed by atoms with Crippen LogP contribution in [0.5, 0.6) is 0 Å². The summed E-state index contributed by atoms with van der Waals surface area (Å²) in [5.41, 5.74) is 0. The molecule has 0 bridgehead atoms. The minimum Gasteiger partial charge on any atom is -0.314 e. The average molecular weight is 456 g/mol. The van der Waals surface area contributed by atoms with Gasteiger partial charge in [-0.05, 0) is 28.1 Å². The summed E-state index contributed by atoms with van der Waals surface area (Å²) >= 11 is 9.20. The van der Waals surface area contributed by atoms with E-state index in [1.807, 2.05) is 0 Å². The van der Waals surface area contributed by atoms with Crippen molar-refractivity contribution in [1.82, 2.24) is 14.9 Å². The smallest absolute Gasteiger partial charge is 0.243 e. The third-order valence-electron chi connectivity index (χ3n) is 3.12. The molecule has 10 heteroatoms. The van der Waals surface area contributed by atoms with E-state index in [0.29, 0.717) is 17.6 Å². The summed E-state index contributed by atoms with van der Waals surface area (Å²) in [6.45, 7) is 4.85. The van der Waals surface area contributed by atoms with Gasteiger partial charge in [-0.25, -0.2) is 13.1 Å². The molecule has 1 saturated heterocycles. The second-order valence-electron chi connectivity index (χ2n) is 4.54. The summed E-state index contributed by atoms with van der Waals surface area (Å²) < 4.78 is 27.6. The van der Waals surface area contributed by atoms with Crippen molar-refractivity contribution in [2.75, 3.05) is 39.3 Å². The van der Waals surface area contributed by atoms with Crippen LogP contribution in [-0.2, 0) is 10.0 Å². The molecule has 5 nitrogen and oxygen atoms in total. The van der Waals surface area contributed by atoms with Crippen LogP contribution in [0.15, 0.2) is 27.6 Å². The molecule has 2 rings (SSSR count). The summed E-state index contributed by atoms with van der Waals surface area (Å²) in [5, 5.41) is 3.47. The maximum atomic E-state index is 12.3. The number of nitrogens with zero attached hydrogens (tertiary/aromatic N) is 1. The van der Waals surface area contributed by atoms with Crippen LogP contribution in [0, 0.1) is 0 Å². The van der Waals surface area contributed by atoms with Crippen molar-refractivity contribution in [1.29, 1.82) is 0 Å². The molecule has 1 aromatic rings. The Morgan fingerprint density at radius 1 is 1.27 bits per heavy atom. The van der Waals surface area contributed by atoms with E-state index in [0.717, 1.165) is 26.2 Å². The lowest BCUT2D eigenvalue weighted by molar-refractivity contribution is 0.245. The maximum absolute atomic E-state index is 12.3. The molecule has 0 radical (unpaired) electrons. The zero-order valence-corrected chi connectivity index (χ0v) is 16.5. The molecule has 0 unspecified atom stereocenters. The van der Waals surface area contributed by atoms with Crippen molar-refractivity contribution < 1.29 is 8.42 Å². The van der Waals surface area contributed by atoms with Gasteiger partial charge in [-0.2, -0.15) is 0 Å². The first kappa shape index (κ1) is 22.4. The first-order chi connectivity index (χ1) is 9.50. The number of sulfonamides is 1. The van der Waals surface area contributed by atoms with Gasteiger partial charge >= 0.3 is 0 Å². The number of hydrogen-bond acceptors (Lipinski definition) is 4. The van der Waals surface area contributed by atoms with E-state index in [2.05, 4.69) is 30.9 Å². The average Bonchev–Trinajstić information content (AvgIpc) is 2.39. The highest BCUT2D eigenvalue weighted by Gasteiger charge is 2.21. The molecule has 1 fully saturated rings. The molecule has 0 spiro atoms. The van der Waals surface area contributed by atoms with Crippen molar-refractivity contribution in [2.24, 2.45) is 0 Å². The van der Waals surface area contributed by atoms with Gasteiger partial charge in [0.25, 0.3) is 0 Å². The SMILES string of the molecule is Cl.Cl.O=S(=O)(NCCN1CCNCC1)c1c(Cl)cccc1Br. The lowest BCUT2D eigenvalue weighted by atomic mass is 10.3. The Morgan fingerprint density at radius 2 is 1.91 bits per heavy atom. The van der Waals surface area contributed by atoms with Gasteiger partial charge in [0.15, 0.2) is 0 Å². The summed E-state index contributed by atoms with van der Waals surface area (Å²) in [6.07, 6.45) is 0. The standard InChI is InChI=1S/C12H17BrClN3O2S.2ClH/c13-10-2-1-3-11(14)12(10)20(18,19)16-6-9-17-7-4-15-5-8-17;;/h1-3,15-16H,4-9H2;2*1H. The number of rotatable bonds is 5. The van der Waals surface area contributed by atoms with E-state index in [1.54, 1.807) is 18.2 Å². The Labute approximate surface area is 157 Å². The van der Waals surface area contributed by atoms with E-state index in [9.17, 15) is 8.42 Å². The molecule has 0 amide bonds. The van der Waals surface area contributed by atoms with Gasteiger partial charge < -0.3 is 5.32 Å². The minimum absolute atomic E-state index is 0. The predicted octanol–water partition coefficient (Wildman–Crippen LogP) is 2.13. The van der Waals surface area contributed by atoms with Gasteiger partial charge in [-0.3, -0.25) is 4.90 Å². The lowest BCUT2D eigenvalue weighted by Crippen LogP contribution is -2.46. The zero-order chi connectivity index (χ0) is 14.6. The van der Waals surface area contributed by atoms with Crippen LogP contribution in [0.2, 0.25) is 5.02 Å². The molecule has 0 atom stereocenters. The minimum atomic E-state index is -3.59. The molecule has 0 aliphatic carbocycles. The van der Waals surface area contributed by atoms with E-state index >= 15 is 0 Å². The van der Waals surface area contributed by atoms with Gasteiger partial charge in [0, 0.05) is 43.7 Å². The maximum Gasteiger partial charge on any atom is 0.243 e. The van der Waals surface area contributed by atoms with Crippen molar-refractivity contribution in [3.63, 3.8) is 0 Å². The van der Waals surface area contributed by atoms with Crippen molar-refractivity contribution >= 4 is 62.4 Å². The highest BCUT2D eigenvalue weighted by Crippen LogP contribution is 2.28. The quantitative estimate of drug-likeness (QED) is 0.714. The van der Waals surface area contributed by atoms with Gasteiger partial charge in [0.2, 0.25) is 10.0 Å². The van der Waals surface area contributed by atoms with Crippen LogP contribution in [0.1, 0.15) is 0 Å². The predicted molar refractivity (Wildman–Crippen MR) is 98.1 cm³/mol. The molecular weight excluding hydrogens is 436 g/mol. The number of piperazine rings is 1. The fourth-order valence-corrected chi connectivity index (χ4v) is 4.84. The monoisotopic (exact) mass is 453 g/mol. The fraction of sp³-hybridized carbons (Fsp3) is 0.500. The third kappa shape index (κ3) is 6.13. The Hall–Kier alpha value is 0.400. The topological polar surface area (TPSA) is 61.4 Å². The highest BCUT2D eigenvalue weighted by molar-refractivity contribution is 9.10. The van der Waals surface area contributed by atoms with Gasteiger partial charge in [0.1, 0.15) is 4.90 Å². The van der Waals surface area contributed by atoms with E-state index in [-0.39, 0.29) is 34.7 Å². The van der Waals surface area contributed by atoms with Crippen LogP contribution >= 0.6 is 52.3 Å². The number of nitrogens with one attached hydrogen (secondary N) is 2. The molecule has 128 valence electrons. The lowest BCUT2D eigenvalue weighted by Gasteiger charge is -2.27. The van der Waals surface area contributed by atoms with Crippen LogP contribution in [-0.4, -0.2) is 52.6 Å². The van der Waals surface area contributed by atoms with Crippen molar-refractivity contribution in [2.45, 2.75) is 4.90 Å². The Bertz CT molecular complexity index is 548. The first-order valence-electron chi connectivity index (χ1n) is 6.37. The second-order valence-corrected chi connectivity index (χ2v) is 7.51. The number of benzene rings is 1. The van der Waals surface area contributed by atoms with Crippen LogP contribution in [0.25, 0.3) is 0 Å². The summed E-state index contributed by atoms with van der Waals surface area (Å²) in [6, 6.07) is 4.93. The fourth-order valence-electron chi connectivity index (χ4n) is 2.08. The summed E-state index contributed by atoms with van der Waals surface area (Å²) in [4.78, 5) is 2.32. The van der Waals surface area contributed by atoms with Crippen LogP contribution in [0.3, 0.4) is 0 Å². The molecule has 1 aliphatic rings. The highest BCUT2D eigenvalue weighted by atomic mass is 79.9. The summed E-state index contributed by atoms with van der Waals surface area (Å²) in [5.74, 6) is 0. The van der Waals surface area contributed by atoms with Crippen molar-refractivity contribution in [3.8, 4) is 0 Å². The molecule has 1 aliphatic heterocycles. The number of halogens is 4. The molecular formula is C12H19BrCl3N3O2S. The summed E-state index contributed by atoms with van der Waals surface area (Å²) in [7, 11) is -3.59. The van der Waals surface area contributed by atoms with E-state index in [1.165, 1.54) is 0 Å². The molecule has 22 heavy (non-hydrogen) atoms. The Balaban J connectivity index is 0.00000220. The normalized spacial score (nSPS) is 15.7. The van der Waals surface area contributed by atoms with E-state index < -0.39 is 10.0 Å². The van der Waals surface area contributed by atoms with Crippen LogP contribution < -0.4 is 10.0 Å². The Morgan fingerprint density at radius 3 is 2.50 bits per heavy atom. The molecule has 0 aromatic heterocycles. The molecule has 2 N–H and O–H groups in total. The first-order valence-corrected chi connectivity index (χ1v) is 9.03. The van der Waals surface area contributed by atoms with Gasteiger partial charge in [-0.1, -0.05) is 17.7 Å². The Kier molecular flexibility index (Phi) is 10.5. The van der Waals surface area contributed by atoms with Gasteiger partial charge in [0.05, 0.1) is 5.02 Å². The molecule has 0 saturated carbocycles. The van der Waals surface area contributed by atoms with Gasteiger partial charge in [-0.15, -0.1) is 24.8 Å². The molecule has 1 aromatic carbocycles. The zero-order valence-electron chi connectivity index (χ0n) is 11.7. The second kappa shape index (κ2) is 10.3.